The molecule has 2 aromatic carbocycles. The van der Waals surface area contributed by atoms with Gasteiger partial charge in [0.2, 0.25) is 0 Å². The number of amides is 1. The Balaban J connectivity index is 1.97. The highest BCUT2D eigenvalue weighted by Crippen LogP contribution is 2.34. The van der Waals surface area contributed by atoms with Gasteiger partial charge in [-0.25, -0.2) is 0 Å². The number of anilines is 1. The van der Waals surface area contributed by atoms with Gasteiger partial charge in [-0.05, 0) is 55.7 Å². The van der Waals surface area contributed by atoms with Crippen LogP contribution in [0, 0.1) is 6.92 Å². The topological polar surface area (TPSA) is 40.5 Å². The Kier molecular flexibility index (Phi) is 3.18. The van der Waals surface area contributed by atoms with E-state index in [0.717, 1.165) is 24.1 Å². The van der Waals surface area contributed by atoms with E-state index in [2.05, 4.69) is 0 Å². The molecule has 0 aliphatic heterocycles. The molecule has 1 aliphatic carbocycles. The Morgan fingerprint density at radius 1 is 1.10 bits per heavy atom. The molecule has 0 aromatic heterocycles. The van der Waals surface area contributed by atoms with Gasteiger partial charge in [-0.15, -0.1) is 0 Å². The molecule has 102 valence electrons. The van der Waals surface area contributed by atoms with Gasteiger partial charge in [0.25, 0.3) is 5.91 Å². The fourth-order valence-electron chi connectivity index (χ4n) is 2.38. The number of para-hydroxylation sites is 1. The molecule has 1 fully saturated rings. The standard InChI is InChI=1S/C17H17NO2/c1-12-4-2-3-5-16(12)18(14-8-9-14)17(20)13-6-10-15(19)11-7-13/h2-7,10-11,14,19H,8-9H2,1H3. The van der Waals surface area contributed by atoms with Crippen molar-refractivity contribution < 1.29 is 9.90 Å². The average molecular weight is 267 g/mol. The molecule has 1 aliphatic rings. The molecule has 1 amide bonds. The number of nitrogens with zero attached hydrogens (tertiary/aromatic N) is 1. The molecule has 2 aromatic rings. The number of hydrogen-bond donors (Lipinski definition) is 1. The summed E-state index contributed by atoms with van der Waals surface area (Å²) in [4.78, 5) is 14.6. The third-order valence-corrected chi connectivity index (χ3v) is 3.62. The number of phenols is 1. The highest BCUT2D eigenvalue weighted by atomic mass is 16.3. The Morgan fingerprint density at radius 3 is 2.35 bits per heavy atom. The first-order valence-electron chi connectivity index (χ1n) is 6.85. The summed E-state index contributed by atoms with van der Waals surface area (Å²) in [6.45, 7) is 2.02. The van der Waals surface area contributed by atoms with E-state index in [-0.39, 0.29) is 11.7 Å². The average Bonchev–Trinajstić information content (AvgIpc) is 3.26. The lowest BCUT2D eigenvalue weighted by molar-refractivity contribution is 0.0985. The molecule has 20 heavy (non-hydrogen) atoms. The first kappa shape index (κ1) is 12.7. The minimum Gasteiger partial charge on any atom is -0.508 e. The molecule has 3 nitrogen and oxygen atoms in total. The molecule has 0 heterocycles. The lowest BCUT2D eigenvalue weighted by Gasteiger charge is -2.24. The minimum atomic E-state index is 0.00167. The first-order chi connectivity index (χ1) is 9.66. The van der Waals surface area contributed by atoms with Gasteiger partial charge in [-0.2, -0.15) is 0 Å². The number of benzene rings is 2. The van der Waals surface area contributed by atoms with Crippen LogP contribution in [0.25, 0.3) is 0 Å². The fourth-order valence-corrected chi connectivity index (χ4v) is 2.38. The summed E-state index contributed by atoms with van der Waals surface area (Å²) in [7, 11) is 0. The lowest BCUT2D eigenvalue weighted by Crippen LogP contribution is -2.33. The quantitative estimate of drug-likeness (QED) is 0.924. The summed E-state index contributed by atoms with van der Waals surface area (Å²) in [5.41, 5.74) is 2.69. The summed E-state index contributed by atoms with van der Waals surface area (Å²) in [6.07, 6.45) is 2.11. The van der Waals surface area contributed by atoms with Gasteiger partial charge in [0, 0.05) is 17.3 Å². The van der Waals surface area contributed by atoms with Crippen LogP contribution >= 0.6 is 0 Å². The van der Waals surface area contributed by atoms with Crippen molar-refractivity contribution >= 4 is 11.6 Å². The zero-order chi connectivity index (χ0) is 14.1. The van der Waals surface area contributed by atoms with E-state index in [1.54, 1.807) is 24.3 Å². The van der Waals surface area contributed by atoms with Crippen molar-refractivity contribution in [2.75, 3.05) is 4.90 Å². The Morgan fingerprint density at radius 2 is 1.75 bits per heavy atom. The number of rotatable bonds is 3. The van der Waals surface area contributed by atoms with Crippen molar-refractivity contribution in [3.63, 3.8) is 0 Å². The van der Waals surface area contributed by atoms with Crippen LogP contribution in [0.4, 0.5) is 5.69 Å². The fraction of sp³-hybridized carbons (Fsp3) is 0.235. The van der Waals surface area contributed by atoms with Crippen LogP contribution in [0.1, 0.15) is 28.8 Å². The molecular weight excluding hydrogens is 250 g/mol. The second kappa shape index (κ2) is 5.00. The van der Waals surface area contributed by atoms with Crippen LogP contribution in [0.15, 0.2) is 48.5 Å². The van der Waals surface area contributed by atoms with Crippen LogP contribution in [-0.4, -0.2) is 17.1 Å². The minimum absolute atomic E-state index is 0.00167. The molecule has 1 saturated carbocycles. The normalized spacial score (nSPS) is 14.1. The van der Waals surface area contributed by atoms with Crippen LogP contribution in [-0.2, 0) is 0 Å². The van der Waals surface area contributed by atoms with E-state index in [1.165, 1.54) is 0 Å². The second-order valence-corrected chi connectivity index (χ2v) is 5.24. The van der Waals surface area contributed by atoms with Gasteiger partial charge in [0.05, 0.1) is 0 Å². The maximum absolute atomic E-state index is 12.7. The van der Waals surface area contributed by atoms with Crippen molar-refractivity contribution in [1.82, 2.24) is 0 Å². The summed E-state index contributed by atoms with van der Waals surface area (Å²) < 4.78 is 0. The van der Waals surface area contributed by atoms with Crippen molar-refractivity contribution in [3.05, 3.63) is 59.7 Å². The third kappa shape index (κ3) is 2.39. The molecule has 0 bridgehead atoms. The largest absolute Gasteiger partial charge is 0.508 e. The van der Waals surface area contributed by atoms with Gasteiger partial charge in [0.1, 0.15) is 5.75 Å². The molecule has 0 saturated heterocycles. The maximum atomic E-state index is 12.7. The number of aromatic hydroxyl groups is 1. The summed E-state index contributed by atoms with van der Waals surface area (Å²) in [5, 5.41) is 9.33. The maximum Gasteiger partial charge on any atom is 0.258 e. The Hall–Kier alpha value is -2.29. The highest BCUT2D eigenvalue weighted by Gasteiger charge is 2.34. The van der Waals surface area contributed by atoms with Crippen LogP contribution in [0.5, 0.6) is 5.75 Å². The molecular formula is C17H17NO2. The monoisotopic (exact) mass is 267 g/mol. The van der Waals surface area contributed by atoms with Gasteiger partial charge in [0.15, 0.2) is 0 Å². The number of aryl methyl sites for hydroxylation is 1. The van der Waals surface area contributed by atoms with E-state index in [9.17, 15) is 9.90 Å². The predicted octanol–water partition coefficient (Wildman–Crippen LogP) is 3.51. The predicted molar refractivity (Wildman–Crippen MR) is 79.1 cm³/mol. The van der Waals surface area contributed by atoms with Crippen LogP contribution in [0.3, 0.4) is 0 Å². The molecule has 0 unspecified atom stereocenters. The Labute approximate surface area is 118 Å². The molecule has 0 spiro atoms. The zero-order valence-corrected chi connectivity index (χ0v) is 11.4. The number of carbonyl (C=O) groups is 1. The van der Waals surface area contributed by atoms with Gasteiger partial charge < -0.3 is 10.0 Å². The Bertz CT molecular complexity index is 630. The highest BCUT2D eigenvalue weighted by molar-refractivity contribution is 6.07. The van der Waals surface area contributed by atoms with Gasteiger partial charge >= 0.3 is 0 Å². The number of phenolic OH excluding ortho intramolecular Hbond substituents is 1. The molecule has 1 N–H and O–H groups in total. The van der Waals surface area contributed by atoms with Crippen molar-refractivity contribution in [3.8, 4) is 5.75 Å². The SMILES string of the molecule is Cc1ccccc1N(C(=O)c1ccc(O)cc1)C1CC1. The van der Waals surface area contributed by atoms with Crippen LogP contribution in [0.2, 0.25) is 0 Å². The second-order valence-electron chi connectivity index (χ2n) is 5.24. The third-order valence-electron chi connectivity index (χ3n) is 3.62. The summed E-state index contributed by atoms with van der Waals surface area (Å²) in [5.74, 6) is 0.178. The number of hydrogen-bond acceptors (Lipinski definition) is 2. The smallest absolute Gasteiger partial charge is 0.258 e. The summed E-state index contributed by atoms with van der Waals surface area (Å²) in [6, 6.07) is 14.7. The van der Waals surface area contributed by atoms with Crippen molar-refractivity contribution in [2.24, 2.45) is 0 Å². The van der Waals surface area contributed by atoms with E-state index >= 15 is 0 Å². The lowest BCUT2D eigenvalue weighted by atomic mass is 10.1. The van der Waals surface area contributed by atoms with Crippen molar-refractivity contribution in [2.45, 2.75) is 25.8 Å². The van der Waals surface area contributed by atoms with E-state index in [0.29, 0.717) is 11.6 Å². The zero-order valence-electron chi connectivity index (χ0n) is 11.4. The van der Waals surface area contributed by atoms with Crippen molar-refractivity contribution in [1.29, 1.82) is 0 Å². The summed E-state index contributed by atoms with van der Waals surface area (Å²) >= 11 is 0. The molecule has 3 rings (SSSR count). The molecule has 0 radical (unpaired) electrons. The van der Waals surface area contributed by atoms with E-state index in [4.69, 9.17) is 0 Å². The first-order valence-corrected chi connectivity index (χ1v) is 6.85. The van der Waals surface area contributed by atoms with E-state index in [1.807, 2.05) is 36.1 Å². The van der Waals surface area contributed by atoms with Crippen LogP contribution < -0.4 is 4.90 Å². The van der Waals surface area contributed by atoms with E-state index < -0.39 is 0 Å². The molecule has 0 atom stereocenters. The van der Waals surface area contributed by atoms with Gasteiger partial charge in [-0.1, -0.05) is 18.2 Å². The molecule has 3 heteroatoms. The number of carbonyl (C=O) groups excluding carboxylic acids is 1. The van der Waals surface area contributed by atoms with Gasteiger partial charge in [-0.3, -0.25) is 4.79 Å².